The van der Waals surface area contributed by atoms with Crippen LogP contribution in [0.1, 0.15) is 29.4 Å². The van der Waals surface area contributed by atoms with E-state index in [1.165, 1.54) is 0 Å². The third-order valence-electron chi connectivity index (χ3n) is 5.03. The van der Waals surface area contributed by atoms with Gasteiger partial charge < -0.3 is 24.7 Å². The molecule has 1 amide bonds. The normalized spacial score (nSPS) is 16.4. The van der Waals surface area contributed by atoms with Crippen LogP contribution in [0.2, 0.25) is 0 Å². The van der Waals surface area contributed by atoms with Crippen molar-refractivity contribution in [2.75, 3.05) is 37.0 Å². The third kappa shape index (κ3) is 4.00. The van der Waals surface area contributed by atoms with E-state index in [4.69, 9.17) is 4.74 Å². The van der Waals surface area contributed by atoms with Crippen molar-refractivity contribution in [1.29, 1.82) is 0 Å². The molecule has 0 saturated carbocycles. The van der Waals surface area contributed by atoms with Gasteiger partial charge in [-0.15, -0.1) is 10.2 Å². The molecule has 0 spiro atoms. The number of amides is 1. The molecule has 1 saturated heterocycles. The second-order valence-electron chi connectivity index (χ2n) is 7.08. The average molecular weight is 395 g/mol. The smallest absolute Gasteiger partial charge is 0.262 e. The topological polar surface area (TPSA) is 96.7 Å². The number of pyridine rings is 1. The van der Waals surface area contributed by atoms with Gasteiger partial charge in [0.15, 0.2) is 11.6 Å². The lowest BCUT2D eigenvalue weighted by Gasteiger charge is -2.17. The van der Waals surface area contributed by atoms with Gasteiger partial charge in [-0.25, -0.2) is 4.98 Å². The highest BCUT2D eigenvalue weighted by Gasteiger charge is 2.22. The van der Waals surface area contributed by atoms with Crippen LogP contribution >= 0.6 is 0 Å². The van der Waals surface area contributed by atoms with Crippen molar-refractivity contribution in [1.82, 2.24) is 24.9 Å². The number of anilines is 2. The number of likely N-dealkylation sites (N-methyl/N-ethyl adjacent to an activating group) is 1. The van der Waals surface area contributed by atoms with Gasteiger partial charge in [0.1, 0.15) is 11.4 Å². The third-order valence-corrected chi connectivity index (χ3v) is 5.03. The van der Waals surface area contributed by atoms with E-state index in [2.05, 4.69) is 30.7 Å². The molecule has 152 valence electrons. The zero-order chi connectivity index (χ0) is 20.4. The number of nitrogens with zero attached hydrogens (tertiary/aromatic N) is 5. The van der Waals surface area contributed by atoms with E-state index in [0.717, 1.165) is 36.7 Å². The van der Waals surface area contributed by atoms with Crippen LogP contribution in [0, 0.1) is 6.92 Å². The van der Waals surface area contributed by atoms with Crippen LogP contribution in [0.4, 0.5) is 11.6 Å². The van der Waals surface area contributed by atoms with Crippen molar-refractivity contribution in [3.63, 3.8) is 0 Å². The van der Waals surface area contributed by atoms with Gasteiger partial charge in [0.05, 0.1) is 17.9 Å². The van der Waals surface area contributed by atoms with Crippen LogP contribution in [0.25, 0.3) is 5.65 Å². The van der Waals surface area contributed by atoms with Gasteiger partial charge in [0.25, 0.3) is 5.91 Å². The second-order valence-corrected chi connectivity index (χ2v) is 7.08. The molecule has 1 fully saturated rings. The van der Waals surface area contributed by atoms with Crippen LogP contribution in [0.3, 0.4) is 0 Å². The Balaban J connectivity index is 1.52. The van der Waals surface area contributed by atoms with Gasteiger partial charge in [-0.1, -0.05) is 0 Å². The van der Waals surface area contributed by atoms with Crippen LogP contribution in [-0.4, -0.2) is 58.3 Å². The van der Waals surface area contributed by atoms with E-state index in [-0.39, 0.29) is 5.91 Å². The molecule has 0 aromatic carbocycles. The minimum atomic E-state index is -0.305. The summed E-state index contributed by atoms with van der Waals surface area (Å²) in [5, 5.41) is 14.5. The number of fused-ring (bicyclic) bond motifs is 1. The number of hydrogen-bond donors (Lipinski definition) is 2. The quantitative estimate of drug-likeness (QED) is 0.658. The minimum absolute atomic E-state index is 0.305. The van der Waals surface area contributed by atoms with Crippen LogP contribution in [0.15, 0.2) is 30.6 Å². The molecule has 4 heterocycles. The fourth-order valence-electron chi connectivity index (χ4n) is 3.54. The van der Waals surface area contributed by atoms with E-state index in [1.54, 1.807) is 18.3 Å². The molecule has 3 aromatic rings. The molecule has 0 aliphatic carbocycles. The number of imidazole rings is 1. The molecule has 0 bridgehead atoms. The van der Waals surface area contributed by atoms with Gasteiger partial charge in [0, 0.05) is 37.6 Å². The molecule has 9 heteroatoms. The first-order chi connectivity index (χ1) is 14.1. The fraction of sp³-hybridized carbons (Fsp3) is 0.400. The zero-order valence-electron chi connectivity index (χ0n) is 16.8. The van der Waals surface area contributed by atoms with Crippen molar-refractivity contribution >= 4 is 23.2 Å². The van der Waals surface area contributed by atoms with Gasteiger partial charge >= 0.3 is 0 Å². The van der Waals surface area contributed by atoms with E-state index in [0.29, 0.717) is 29.8 Å². The molecule has 1 unspecified atom stereocenters. The van der Waals surface area contributed by atoms with Gasteiger partial charge in [-0.2, -0.15) is 0 Å². The van der Waals surface area contributed by atoms with E-state index in [1.807, 2.05) is 37.6 Å². The Hall–Kier alpha value is -3.20. The monoisotopic (exact) mass is 395 g/mol. The summed E-state index contributed by atoms with van der Waals surface area (Å²) in [6.07, 6.45) is 4.66. The van der Waals surface area contributed by atoms with Crippen LogP contribution in [0.5, 0.6) is 5.75 Å². The first-order valence-corrected chi connectivity index (χ1v) is 9.77. The zero-order valence-corrected chi connectivity index (χ0v) is 16.8. The number of aromatic nitrogens is 4. The Morgan fingerprint density at radius 3 is 2.86 bits per heavy atom. The maximum absolute atomic E-state index is 12.9. The van der Waals surface area contributed by atoms with Gasteiger partial charge in [-0.3, -0.25) is 4.79 Å². The Kier molecular flexibility index (Phi) is 5.30. The Labute approximate surface area is 169 Å². The first-order valence-electron chi connectivity index (χ1n) is 9.77. The van der Waals surface area contributed by atoms with Crippen molar-refractivity contribution in [3.05, 3.63) is 41.9 Å². The molecule has 1 aliphatic heterocycles. The number of nitrogens with one attached hydrogen (secondary N) is 2. The lowest BCUT2D eigenvalue weighted by atomic mass is 10.2. The Morgan fingerprint density at radius 1 is 1.31 bits per heavy atom. The number of aryl methyl sites for hydroxylation is 1. The Bertz CT molecular complexity index is 1020. The van der Waals surface area contributed by atoms with E-state index in [9.17, 15) is 4.79 Å². The summed E-state index contributed by atoms with van der Waals surface area (Å²) >= 11 is 0. The molecule has 9 nitrogen and oxygen atoms in total. The highest BCUT2D eigenvalue weighted by molar-refractivity contribution is 6.05. The summed E-state index contributed by atoms with van der Waals surface area (Å²) in [5.74, 6) is 1.39. The number of rotatable bonds is 6. The summed E-state index contributed by atoms with van der Waals surface area (Å²) in [6.45, 7) is 6.08. The first kappa shape index (κ1) is 19.1. The minimum Gasteiger partial charge on any atom is -0.493 e. The summed E-state index contributed by atoms with van der Waals surface area (Å²) in [4.78, 5) is 19.5. The summed E-state index contributed by atoms with van der Waals surface area (Å²) in [5.41, 5.74) is 2.02. The number of ether oxygens (including phenoxy) is 1. The molecule has 1 atom stereocenters. The number of hydrogen-bond acceptors (Lipinski definition) is 7. The fourth-order valence-corrected chi connectivity index (χ4v) is 3.54. The largest absolute Gasteiger partial charge is 0.493 e. The second kappa shape index (κ2) is 8.04. The highest BCUT2D eigenvalue weighted by Crippen LogP contribution is 2.23. The summed E-state index contributed by atoms with van der Waals surface area (Å²) in [7, 11) is 1.97. The molecule has 3 aromatic heterocycles. The van der Waals surface area contributed by atoms with Gasteiger partial charge in [-0.05, 0) is 39.4 Å². The van der Waals surface area contributed by atoms with Crippen LogP contribution in [-0.2, 0) is 0 Å². The van der Waals surface area contributed by atoms with E-state index >= 15 is 0 Å². The predicted molar refractivity (Wildman–Crippen MR) is 111 cm³/mol. The molecule has 2 N–H and O–H groups in total. The standard InChI is InChI=1S/C20H25N7O2/c1-4-29-16-9-19-22-13(2)10-27(19)12-15(16)20(28)23-17-5-6-18(25-24-17)26-8-7-14(11-26)21-3/h5-6,9-10,12,14,21H,4,7-8,11H2,1-3H3,(H,23,24,28). The molecule has 0 radical (unpaired) electrons. The van der Waals surface area contributed by atoms with Crippen LogP contribution < -0.4 is 20.3 Å². The SMILES string of the molecule is CCOc1cc2nc(C)cn2cc1C(=O)Nc1ccc(N2CCC(NC)C2)nn1. The molecular formula is C20H25N7O2. The Morgan fingerprint density at radius 2 is 2.17 bits per heavy atom. The summed E-state index contributed by atoms with van der Waals surface area (Å²) in [6, 6.07) is 5.89. The predicted octanol–water partition coefficient (Wildman–Crippen LogP) is 1.88. The van der Waals surface area contributed by atoms with Crippen molar-refractivity contribution in [3.8, 4) is 5.75 Å². The maximum Gasteiger partial charge on any atom is 0.262 e. The molecule has 29 heavy (non-hydrogen) atoms. The lowest BCUT2D eigenvalue weighted by Crippen LogP contribution is -2.30. The molecular weight excluding hydrogens is 370 g/mol. The molecule has 4 rings (SSSR count). The summed E-state index contributed by atoms with van der Waals surface area (Å²) < 4.78 is 7.47. The highest BCUT2D eigenvalue weighted by atomic mass is 16.5. The number of carbonyl (C=O) groups is 1. The average Bonchev–Trinajstić information content (AvgIpc) is 3.33. The van der Waals surface area contributed by atoms with Gasteiger partial charge in [0.2, 0.25) is 0 Å². The molecule has 1 aliphatic rings. The lowest BCUT2D eigenvalue weighted by molar-refractivity contribution is 0.102. The number of carbonyl (C=O) groups excluding carboxylic acids is 1. The van der Waals surface area contributed by atoms with Crippen molar-refractivity contribution in [2.24, 2.45) is 0 Å². The maximum atomic E-state index is 12.9. The van der Waals surface area contributed by atoms with Crippen molar-refractivity contribution < 1.29 is 9.53 Å². The van der Waals surface area contributed by atoms with Crippen molar-refractivity contribution in [2.45, 2.75) is 26.3 Å². The van der Waals surface area contributed by atoms with E-state index < -0.39 is 0 Å².